The standard InChI is InChI=1S/C16H22N2O3.ClH/c1-20-9-10-21-15-4-2-3-14(11-15)16(19)18-12-13-5-7-17-8-6-13;/h2-5,11,17H,6-10,12H2,1H3,(H,18,19);1H. The van der Waals surface area contributed by atoms with Crippen LogP contribution in [0.4, 0.5) is 0 Å². The van der Waals surface area contributed by atoms with Crippen LogP contribution < -0.4 is 15.4 Å². The Kier molecular flexibility index (Phi) is 8.58. The van der Waals surface area contributed by atoms with Gasteiger partial charge in [-0.15, -0.1) is 12.4 Å². The number of hydrogen-bond acceptors (Lipinski definition) is 4. The average Bonchev–Trinajstić information content (AvgIpc) is 2.54. The van der Waals surface area contributed by atoms with Gasteiger partial charge in [0, 0.05) is 25.8 Å². The molecule has 0 fully saturated rings. The topological polar surface area (TPSA) is 59.6 Å². The van der Waals surface area contributed by atoms with Crippen molar-refractivity contribution in [2.45, 2.75) is 6.42 Å². The number of ether oxygens (including phenoxy) is 2. The summed E-state index contributed by atoms with van der Waals surface area (Å²) in [6.07, 6.45) is 3.12. The predicted octanol–water partition coefficient (Wildman–Crippen LogP) is 1.78. The highest BCUT2D eigenvalue weighted by atomic mass is 35.5. The molecular formula is C16H23ClN2O3. The van der Waals surface area contributed by atoms with Gasteiger partial charge < -0.3 is 20.1 Å². The molecule has 6 heteroatoms. The molecular weight excluding hydrogens is 304 g/mol. The molecule has 0 aliphatic carbocycles. The summed E-state index contributed by atoms with van der Waals surface area (Å²) in [6.45, 7) is 3.47. The summed E-state index contributed by atoms with van der Waals surface area (Å²) in [7, 11) is 1.63. The Labute approximate surface area is 137 Å². The second kappa shape index (κ2) is 10.2. The largest absolute Gasteiger partial charge is 0.491 e. The lowest BCUT2D eigenvalue weighted by Crippen LogP contribution is -2.29. The van der Waals surface area contributed by atoms with Gasteiger partial charge in [0.05, 0.1) is 6.61 Å². The SMILES string of the molecule is COCCOc1cccc(C(=O)NCC2=CCNCC2)c1.Cl. The van der Waals surface area contributed by atoms with E-state index < -0.39 is 0 Å². The molecule has 1 aromatic carbocycles. The number of hydrogen-bond donors (Lipinski definition) is 2. The fourth-order valence-electron chi connectivity index (χ4n) is 2.10. The molecule has 122 valence electrons. The number of amides is 1. The van der Waals surface area contributed by atoms with Crippen LogP contribution in [0.2, 0.25) is 0 Å². The van der Waals surface area contributed by atoms with Crippen molar-refractivity contribution in [2.75, 3.05) is 40.0 Å². The third kappa shape index (κ3) is 6.05. The maximum Gasteiger partial charge on any atom is 0.251 e. The van der Waals surface area contributed by atoms with Crippen molar-refractivity contribution in [1.82, 2.24) is 10.6 Å². The number of carbonyl (C=O) groups excluding carboxylic acids is 1. The molecule has 2 rings (SSSR count). The van der Waals surface area contributed by atoms with Crippen LogP contribution in [0.3, 0.4) is 0 Å². The van der Waals surface area contributed by atoms with Gasteiger partial charge in [0.2, 0.25) is 0 Å². The molecule has 0 radical (unpaired) electrons. The van der Waals surface area contributed by atoms with Gasteiger partial charge >= 0.3 is 0 Å². The minimum atomic E-state index is -0.0772. The summed E-state index contributed by atoms with van der Waals surface area (Å²) in [4.78, 5) is 12.1. The summed E-state index contributed by atoms with van der Waals surface area (Å²) in [5.41, 5.74) is 1.88. The van der Waals surface area contributed by atoms with E-state index in [1.807, 2.05) is 12.1 Å². The number of halogens is 1. The van der Waals surface area contributed by atoms with Gasteiger partial charge in [0.15, 0.2) is 0 Å². The first-order chi connectivity index (χ1) is 10.3. The summed E-state index contributed by atoms with van der Waals surface area (Å²) in [5, 5.41) is 6.20. The van der Waals surface area contributed by atoms with Crippen LogP contribution in [0.1, 0.15) is 16.8 Å². The van der Waals surface area contributed by atoms with Crippen LogP contribution in [0, 0.1) is 0 Å². The van der Waals surface area contributed by atoms with Gasteiger partial charge in [0.1, 0.15) is 12.4 Å². The molecule has 2 N–H and O–H groups in total. The number of methoxy groups -OCH3 is 1. The smallest absolute Gasteiger partial charge is 0.251 e. The van der Waals surface area contributed by atoms with Gasteiger partial charge in [-0.2, -0.15) is 0 Å². The quantitative estimate of drug-likeness (QED) is 0.592. The summed E-state index contributed by atoms with van der Waals surface area (Å²) < 4.78 is 10.4. The predicted molar refractivity (Wildman–Crippen MR) is 89.0 cm³/mol. The second-order valence-electron chi connectivity index (χ2n) is 4.87. The Balaban J connectivity index is 0.00000242. The first-order valence-corrected chi connectivity index (χ1v) is 7.18. The zero-order valence-electron chi connectivity index (χ0n) is 12.8. The highest BCUT2D eigenvalue weighted by molar-refractivity contribution is 5.94. The molecule has 1 aliphatic rings. The molecule has 1 aromatic rings. The van der Waals surface area contributed by atoms with E-state index in [2.05, 4.69) is 16.7 Å². The van der Waals surface area contributed by atoms with Crippen molar-refractivity contribution in [1.29, 1.82) is 0 Å². The van der Waals surface area contributed by atoms with E-state index in [9.17, 15) is 4.79 Å². The van der Waals surface area contributed by atoms with Crippen molar-refractivity contribution in [3.63, 3.8) is 0 Å². The third-order valence-electron chi connectivity index (χ3n) is 3.29. The van der Waals surface area contributed by atoms with Crippen molar-refractivity contribution in [2.24, 2.45) is 0 Å². The molecule has 0 bridgehead atoms. The minimum absolute atomic E-state index is 0. The van der Waals surface area contributed by atoms with Crippen LogP contribution in [-0.4, -0.2) is 45.9 Å². The van der Waals surface area contributed by atoms with Crippen LogP contribution in [-0.2, 0) is 4.74 Å². The van der Waals surface area contributed by atoms with Crippen molar-refractivity contribution >= 4 is 18.3 Å². The Bertz CT molecular complexity index is 506. The maximum atomic E-state index is 12.1. The molecule has 0 saturated heterocycles. The first kappa shape index (κ1) is 18.5. The van der Waals surface area contributed by atoms with Crippen LogP contribution in [0.5, 0.6) is 5.75 Å². The highest BCUT2D eigenvalue weighted by Crippen LogP contribution is 2.13. The highest BCUT2D eigenvalue weighted by Gasteiger charge is 2.08. The van der Waals surface area contributed by atoms with E-state index in [0.717, 1.165) is 19.5 Å². The molecule has 1 heterocycles. The van der Waals surface area contributed by atoms with Gasteiger partial charge in [-0.3, -0.25) is 4.79 Å². The van der Waals surface area contributed by atoms with Crippen molar-refractivity contribution in [3.8, 4) is 5.75 Å². The molecule has 0 atom stereocenters. The van der Waals surface area contributed by atoms with E-state index in [1.54, 1.807) is 19.2 Å². The Morgan fingerprint density at radius 3 is 2.95 bits per heavy atom. The Morgan fingerprint density at radius 2 is 2.23 bits per heavy atom. The van der Waals surface area contributed by atoms with Crippen LogP contribution in [0.15, 0.2) is 35.9 Å². The molecule has 1 aliphatic heterocycles. The number of nitrogens with one attached hydrogen (secondary N) is 2. The molecule has 22 heavy (non-hydrogen) atoms. The number of rotatable bonds is 7. The molecule has 0 aromatic heterocycles. The minimum Gasteiger partial charge on any atom is -0.491 e. The lowest BCUT2D eigenvalue weighted by atomic mass is 10.1. The van der Waals surface area contributed by atoms with Crippen LogP contribution in [0.25, 0.3) is 0 Å². The monoisotopic (exact) mass is 326 g/mol. The zero-order chi connectivity index (χ0) is 14.9. The molecule has 0 unspecified atom stereocenters. The summed E-state index contributed by atoms with van der Waals surface area (Å²) in [6, 6.07) is 7.19. The fraction of sp³-hybridized carbons (Fsp3) is 0.438. The average molecular weight is 327 g/mol. The first-order valence-electron chi connectivity index (χ1n) is 7.18. The van der Waals surface area contributed by atoms with E-state index in [4.69, 9.17) is 9.47 Å². The Hall–Kier alpha value is -1.56. The molecule has 0 saturated carbocycles. The van der Waals surface area contributed by atoms with E-state index in [1.165, 1.54) is 5.57 Å². The normalized spacial score (nSPS) is 13.8. The van der Waals surface area contributed by atoms with E-state index in [-0.39, 0.29) is 18.3 Å². The second-order valence-corrected chi connectivity index (χ2v) is 4.87. The molecule has 0 spiro atoms. The van der Waals surface area contributed by atoms with E-state index >= 15 is 0 Å². The van der Waals surface area contributed by atoms with Gasteiger partial charge in [0.25, 0.3) is 5.91 Å². The number of carbonyl (C=O) groups is 1. The van der Waals surface area contributed by atoms with Gasteiger partial charge in [-0.05, 0) is 31.2 Å². The third-order valence-corrected chi connectivity index (χ3v) is 3.29. The lowest BCUT2D eigenvalue weighted by molar-refractivity contribution is 0.0956. The summed E-state index contributed by atoms with van der Waals surface area (Å²) >= 11 is 0. The van der Waals surface area contributed by atoms with E-state index in [0.29, 0.717) is 31.1 Å². The fourth-order valence-corrected chi connectivity index (χ4v) is 2.10. The summed E-state index contributed by atoms with van der Waals surface area (Å²) in [5.74, 6) is 0.604. The van der Waals surface area contributed by atoms with Gasteiger partial charge in [-0.1, -0.05) is 17.7 Å². The number of benzene rings is 1. The van der Waals surface area contributed by atoms with Crippen molar-refractivity contribution in [3.05, 3.63) is 41.5 Å². The molecule has 5 nitrogen and oxygen atoms in total. The van der Waals surface area contributed by atoms with Crippen LogP contribution >= 0.6 is 12.4 Å². The zero-order valence-corrected chi connectivity index (χ0v) is 13.6. The maximum absolute atomic E-state index is 12.1. The molecule has 1 amide bonds. The Morgan fingerprint density at radius 1 is 1.36 bits per heavy atom. The lowest BCUT2D eigenvalue weighted by Gasteiger charge is -2.14. The van der Waals surface area contributed by atoms with Crippen molar-refractivity contribution < 1.29 is 14.3 Å². The van der Waals surface area contributed by atoms with Gasteiger partial charge in [-0.25, -0.2) is 0 Å².